The summed E-state index contributed by atoms with van der Waals surface area (Å²) in [7, 11) is 0. The molecule has 1 unspecified atom stereocenters. The van der Waals surface area contributed by atoms with Crippen molar-refractivity contribution in [3.63, 3.8) is 0 Å². The summed E-state index contributed by atoms with van der Waals surface area (Å²) < 4.78 is 0. The number of aromatic nitrogens is 1. The Labute approximate surface area is 112 Å². The highest BCUT2D eigenvalue weighted by Gasteiger charge is 2.38. The molecule has 5 nitrogen and oxygen atoms in total. The summed E-state index contributed by atoms with van der Waals surface area (Å²) in [6, 6.07) is 5.67. The highest BCUT2D eigenvalue weighted by Crippen LogP contribution is 2.30. The Kier molecular flexibility index (Phi) is 3.29. The van der Waals surface area contributed by atoms with Gasteiger partial charge in [-0.05, 0) is 25.1 Å². The van der Waals surface area contributed by atoms with E-state index in [-0.39, 0.29) is 23.8 Å². The first-order chi connectivity index (χ1) is 9.25. The molecule has 1 aromatic heterocycles. The Bertz CT molecular complexity index is 465. The predicted molar refractivity (Wildman–Crippen MR) is 69.3 cm³/mol. The molecule has 1 N–H and O–H groups in total. The molecule has 2 aliphatic heterocycles. The second-order valence-electron chi connectivity index (χ2n) is 5.16. The SMILES string of the molecule is O=C1CC(c2ccccn2)CC(=O)N1C1CCNC1. The average Bonchev–Trinajstić information content (AvgIpc) is 2.93. The van der Waals surface area contributed by atoms with E-state index in [9.17, 15) is 9.59 Å². The van der Waals surface area contributed by atoms with E-state index in [4.69, 9.17) is 0 Å². The number of piperidine rings is 1. The van der Waals surface area contributed by atoms with Crippen molar-refractivity contribution in [1.82, 2.24) is 15.2 Å². The summed E-state index contributed by atoms with van der Waals surface area (Å²) in [6.45, 7) is 1.61. The van der Waals surface area contributed by atoms with Crippen LogP contribution in [0.5, 0.6) is 0 Å². The van der Waals surface area contributed by atoms with E-state index in [0.29, 0.717) is 12.8 Å². The van der Waals surface area contributed by atoms with Gasteiger partial charge in [0.05, 0.1) is 6.04 Å². The zero-order valence-electron chi connectivity index (χ0n) is 10.7. The maximum absolute atomic E-state index is 12.2. The number of rotatable bonds is 2. The van der Waals surface area contributed by atoms with Crippen molar-refractivity contribution >= 4 is 11.8 Å². The first kappa shape index (κ1) is 12.3. The molecule has 2 fully saturated rings. The van der Waals surface area contributed by atoms with Gasteiger partial charge in [0.15, 0.2) is 0 Å². The zero-order valence-corrected chi connectivity index (χ0v) is 10.7. The van der Waals surface area contributed by atoms with Gasteiger partial charge in [0, 0.05) is 37.2 Å². The molecule has 1 atom stereocenters. The average molecular weight is 259 g/mol. The molecular formula is C14H17N3O2. The number of hydrogen-bond acceptors (Lipinski definition) is 4. The molecule has 1 aromatic rings. The van der Waals surface area contributed by atoms with Crippen LogP contribution in [0.25, 0.3) is 0 Å². The Morgan fingerprint density at radius 1 is 1.21 bits per heavy atom. The van der Waals surface area contributed by atoms with Crippen LogP contribution in [0.3, 0.4) is 0 Å². The monoisotopic (exact) mass is 259 g/mol. The number of nitrogens with one attached hydrogen (secondary N) is 1. The number of hydrogen-bond donors (Lipinski definition) is 1. The third-order valence-electron chi connectivity index (χ3n) is 3.88. The predicted octanol–water partition coefficient (Wildman–Crippen LogP) is 0.676. The lowest BCUT2D eigenvalue weighted by molar-refractivity contribution is -0.151. The Morgan fingerprint density at radius 3 is 2.58 bits per heavy atom. The minimum Gasteiger partial charge on any atom is -0.315 e. The minimum absolute atomic E-state index is 0.0460. The summed E-state index contributed by atoms with van der Waals surface area (Å²) in [5.41, 5.74) is 0.841. The summed E-state index contributed by atoms with van der Waals surface area (Å²) in [5.74, 6) is -0.173. The highest BCUT2D eigenvalue weighted by atomic mass is 16.2. The smallest absolute Gasteiger partial charge is 0.230 e. The third kappa shape index (κ3) is 2.38. The molecule has 2 saturated heterocycles. The van der Waals surface area contributed by atoms with Crippen LogP contribution in [-0.2, 0) is 9.59 Å². The number of likely N-dealkylation sites (tertiary alicyclic amines) is 1. The molecule has 0 spiro atoms. The quantitative estimate of drug-likeness (QED) is 0.793. The van der Waals surface area contributed by atoms with Crippen LogP contribution in [0.15, 0.2) is 24.4 Å². The number of nitrogens with zero attached hydrogens (tertiary/aromatic N) is 2. The van der Waals surface area contributed by atoms with Crippen molar-refractivity contribution in [1.29, 1.82) is 0 Å². The highest BCUT2D eigenvalue weighted by molar-refractivity contribution is 5.99. The first-order valence-corrected chi connectivity index (χ1v) is 6.72. The fraction of sp³-hybridized carbons (Fsp3) is 0.500. The van der Waals surface area contributed by atoms with Crippen LogP contribution in [0.2, 0.25) is 0 Å². The molecule has 0 bridgehead atoms. The Morgan fingerprint density at radius 2 is 2.00 bits per heavy atom. The van der Waals surface area contributed by atoms with E-state index in [0.717, 1.165) is 25.2 Å². The molecule has 2 aliphatic rings. The second kappa shape index (κ2) is 5.09. The van der Waals surface area contributed by atoms with Gasteiger partial charge in [0.2, 0.25) is 11.8 Å². The fourth-order valence-corrected chi connectivity index (χ4v) is 2.92. The lowest BCUT2D eigenvalue weighted by Crippen LogP contribution is -2.49. The molecule has 0 saturated carbocycles. The van der Waals surface area contributed by atoms with Crippen LogP contribution in [0, 0.1) is 0 Å². The summed E-state index contributed by atoms with van der Waals surface area (Å²) >= 11 is 0. The largest absolute Gasteiger partial charge is 0.315 e. The topological polar surface area (TPSA) is 62.3 Å². The van der Waals surface area contributed by atoms with Crippen molar-refractivity contribution in [3.05, 3.63) is 30.1 Å². The van der Waals surface area contributed by atoms with Gasteiger partial charge in [-0.2, -0.15) is 0 Å². The molecular weight excluding hydrogens is 242 g/mol. The van der Waals surface area contributed by atoms with Gasteiger partial charge in [-0.15, -0.1) is 0 Å². The number of carbonyl (C=O) groups is 2. The molecule has 2 amide bonds. The lowest BCUT2D eigenvalue weighted by atomic mass is 9.91. The van der Waals surface area contributed by atoms with Crippen molar-refractivity contribution in [2.24, 2.45) is 0 Å². The van der Waals surface area contributed by atoms with Gasteiger partial charge in [-0.25, -0.2) is 0 Å². The number of imide groups is 1. The summed E-state index contributed by atoms with van der Waals surface area (Å²) in [4.78, 5) is 30.2. The Hall–Kier alpha value is -1.75. The summed E-state index contributed by atoms with van der Waals surface area (Å²) in [5, 5.41) is 3.20. The molecule has 0 aliphatic carbocycles. The van der Waals surface area contributed by atoms with E-state index in [1.165, 1.54) is 4.90 Å². The van der Waals surface area contributed by atoms with Crippen molar-refractivity contribution in [2.45, 2.75) is 31.2 Å². The molecule has 0 aromatic carbocycles. The molecule has 19 heavy (non-hydrogen) atoms. The number of carbonyl (C=O) groups excluding carboxylic acids is 2. The van der Waals surface area contributed by atoms with Crippen molar-refractivity contribution in [2.75, 3.05) is 13.1 Å². The van der Waals surface area contributed by atoms with E-state index in [1.807, 2.05) is 18.2 Å². The fourth-order valence-electron chi connectivity index (χ4n) is 2.92. The van der Waals surface area contributed by atoms with Gasteiger partial charge >= 0.3 is 0 Å². The molecule has 3 rings (SSSR count). The first-order valence-electron chi connectivity index (χ1n) is 6.72. The van der Waals surface area contributed by atoms with E-state index in [1.54, 1.807) is 6.20 Å². The van der Waals surface area contributed by atoms with Crippen molar-refractivity contribution in [3.8, 4) is 0 Å². The normalized spacial score (nSPS) is 25.1. The van der Waals surface area contributed by atoms with Gasteiger partial charge in [-0.1, -0.05) is 6.07 Å². The van der Waals surface area contributed by atoms with Crippen LogP contribution < -0.4 is 5.32 Å². The molecule has 5 heteroatoms. The van der Waals surface area contributed by atoms with Crippen molar-refractivity contribution < 1.29 is 9.59 Å². The van der Waals surface area contributed by atoms with Gasteiger partial charge in [0.25, 0.3) is 0 Å². The second-order valence-corrected chi connectivity index (χ2v) is 5.16. The van der Waals surface area contributed by atoms with E-state index >= 15 is 0 Å². The van der Waals surface area contributed by atoms with Gasteiger partial charge in [-0.3, -0.25) is 19.5 Å². The zero-order chi connectivity index (χ0) is 13.2. The number of amides is 2. The third-order valence-corrected chi connectivity index (χ3v) is 3.88. The summed E-state index contributed by atoms with van der Waals surface area (Å²) in [6.07, 6.45) is 3.35. The van der Waals surface area contributed by atoms with E-state index < -0.39 is 0 Å². The van der Waals surface area contributed by atoms with Gasteiger partial charge in [0.1, 0.15) is 0 Å². The lowest BCUT2D eigenvalue weighted by Gasteiger charge is -2.33. The maximum Gasteiger partial charge on any atom is 0.230 e. The molecule has 0 radical (unpaired) electrons. The van der Waals surface area contributed by atoms with Gasteiger partial charge < -0.3 is 5.32 Å². The Balaban J connectivity index is 1.75. The minimum atomic E-state index is -0.0631. The van der Waals surface area contributed by atoms with Crippen LogP contribution >= 0.6 is 0 Å². The van der Waals surface area contributed by atoms with Crippen LogP contribution in [0.4, 0.5) is 0 Å². The maximum atomic E-state index is 12.2. The molecule has 3 heterocycles. The molecule has 100 valence electrons. The standard InChI is InChI=1S/C14H17N3O2/c18-13-7-10(12-3-1-2-5-16-12)8-14(19)17(13)11-4-6-15-9-11/h1-3,5,10-11,15H,4,6-9H2. The van der Waals surface area contributed by atoms with E-state index in [2.05, 4.69) is 10.3 Å². The van der Waals surface area contributed by atoms with Crippen LogP contribution in [-0.4, -0.2) is 40.8 Å². The van der Waals surface area contributed by atoms with Crippen LogP contribution in [0.1, 0.15) is 30.9 Å². The number of pyridine rings is 1.